The molecule has 0 heterocycles. The molecule has 0 radical (unpaired) electrons. The molecule has 246 valence electrons. The van der Waals surface area contributed by atoms with E-state index in [-0.39, 0.29) is 18.5 Å². The van der Waals surface area contributed by atoms with Gasteiger partial charge >= 0.3 is 11.9 Å². The van der Waals surface area contributed by atoms with Crippen LogP contribution in [0.15, 0.2) is 24.3 Å². The fraction of sp³-hybridized carbons (Fsp3) is 0.842. The van der Waals surface area contributed by atoms with Crippen LogP contribution in [0, 0.1) is 0 Å². The van der Waals surface area contributed by atoms with Gasteiger partial charge in [-0.1, -0.05) is 141 Å². The van der Waals surface area contributed by atoms with Gasteiger partial charge in [0.25, 0.3) is 0 Å². The number of esters is 1. The second kappa shape index (κ2) is 33.9. The van der Waals surface area contributed by atoms with Gasteiger partial charge in [-0.25, -0.2) is 0 Å². The molecule has 1 N–H and O–H groups in total. The molecule has 0 spiro atoms. The molecule has 0 aliphatic carbocycles. The van der Waals surface area contributed by atoms with E-state index in [9.17, 15) is 9.59 Å². The normalized spacial score (nSPS) is 12.4. The minimum Gasteiger partial charge on any atom is -0.481 e. The third kappa shape index (κ3) is 32.9. The second-order valence-corrected chi connectivity index (χ2v) is 12.4. The molecule has 0 aromatic rings. The maximum atomic E-state index is 12.6. The van der Waals surface area contributed by atoms with Gasteiger partial charge in [0.1, 0.15) is 6.10 Å². The molecule has 0 fully saturated rings. The molecule has 0 aliphatic rings. The zero-order valence-corrected chi connectivity index (χ0v) is 28.1. The maximum Gasteiger partial charge on any atom is 0.306 e. The van der Waals surface area contributed by atoms with Gasteiger partial charge in [0, 0.05) is 12.8 Å². The van der Waals surface area contributed by atoms with Crippen LogP contribution in [-0.2, 0) is 14.3 Å². The highest BCUT2D eigenvalue weighted by atomic mass is 16.5. The first kappa shape index (κ1) is 40.4. The quantitative estimate of drug-likeness (QED) is 0.0469. The molecule has 0 amide bonds. The number of unbranched alkanes of at least 4 members (excludes halogenated alkanes) is 20. The van der Waals surface area contributed by atoms with E-state index in [2.05, 4.69) is 38.2 Å². The van der Waals surface area contributed by atoms with Crippen LogP contribution in [0.4, 0.5) is 0 Å². The summed E-state index contributed by atoms with van der Waals surface area (Å²) < 4.78 is 5.96. The summed E-state index contributed by atoms with van der Waals surface area (Å²) in [5.74, 6) is -0.717. The molecule has 1 atom stereocenters. The summed E-state index contributed by atoms with van der Waals surface area (Å²) in [5.41, 5.74) is 0. The van der Waals surface area contributed by atoms with Gasteiger partial charge in [-0.05, 0) is 70.6 Å². The summed E-state index contributed by atoms with van der Waals surface area (Å²) in [5, 5.41) is 8.79. The molecule has 4 nitrogen and oxygen atoms in total. The zero-order chi connectivity index (χ0) is 30.8. The standard InChI is InChI=1S/C38H70O4/c1-3-5-7-9-11-13-14-15-16-17-18-20-21-24-28-32-36(33-29-25-23-26-30-34-37(39)40)42-38(41)35-31-27-22-19-12-10-8-6-4-2/h14-15,17-18,36H,3-13,16,19-35H2,1-2H3,(H,39,40)/b15-14-,18-17-. The SMILES string of the molecule is CCCCCCC/C=C\C/C=C\CCCCCC(CCCCCCCC(=O)O)OC(=O)CCCCCCCCCCC. The molecule has 0 rings (SSSR count). The van der Waals surface area contributed by atoms with Crippen LogP contribution in [0.1, 0.15) is 200 Å². The fourth-order valence-electron chi connectivity index (χ4n) is 5.45. The molecule has 0 saturated heterocycles. The Morgan fingerprint density at radius 2 is 0.929 bits per heavy atom. The smallest absolute Gasteiger partial charge is 0.306 e. The Labute approximate surface area is 261 Å². The van der Waals surface area contributed by atoms with E-state index < -0.39 is 5.97 Å². The second-order valence-electron chi connectivity index (χ2n) is 12.4. The van der Waals surface area contributed by atoms with Crippen molar-refractivity contribution in [1.82, 2.24) is 0 Å². The lowest BCUT2D eigenvalue weighted by molar-refractivity contribution is -0.150. The third-order valence-electron chi connectivity index (χ3n) is 8.18. The van der Waals surface area contributed by atoms with Gasteiger partial charge in [0.2, 0.25) is 0 Å². The lowest BCUT2D eigenvalue weighted by Gasteiger charge is -2.18. The fourth-order valence-corrected chi connectivity index (χ4v) is 5.45. The van der Waals surface area contributed by atoms with Crippen LogP contribution in [-0.4, -0.2) is 23.1 Å². The van der Waals surface area contributed by atoms with Crippen molar-refractivity contribution >= 4 is 11.9 Å². The highest BCUT2D eigenvalue weighted by Gasteiger charge is 2.14. The molecule has 42 heavy (non-hydrogen) atoms. The van der Waals surface area contributed by atoms with Gasteiger partial charge in [0.05, 0.1) is 0 Å². The van der Waals surface area contributed by atoms with E-state index in [1.54, 1.807) is 0 Å². The lowest BCUT2D eigenvalue weighted by Crippen LogP contribution is -2.18. The Balaban J connectivity index is 4.11. The summed E-state index contributed by atoms with van der Waals surface area (Å²) >= 11 is 0. The first-order valence-electron chi connectivity index (χ1n) is 18.3. The van der Waals surface area contributed by atoms with E-state index >= 15 is 0 Å². The van der Waals surface area contributed by atoms with Crippen molar-refractivity contribution in [3.63, 3.8) is 0 Å². The van der Waals surface area contributed by atoms with Gasteiger partial charge < -0.3 is 9.84 Å². The molecule has 0 saturated carbocycles. The number of carboxylic acid groups (broad SMARTS) is 1. The van der Waals surface area contributed by atoms with E-state index in [1.165, 1.54) is 96.3 Å². The summed E-state index contributed by atoms with van der Waals surface area (Å²) in [6, 6.07) is 0. The van der Waals surface area contributed by atoms with E-state index in [0.717, 1.165) is 77.0 Å². The van der Waals surface area contributed by atoms with Crippen LogP contribution in [0.2, 0.25) is 0 Å². The summed E-state index contributed by atoms with van der Waals surface area (Å²) in [4.78, 5) is 23.2. The average molecular weight is 591 g/mol. The molecule has 1 unspecified atom stereocenters. The van der Waals surface area contributed by atoms with Crippen molar-refractivity contribution in [3.8, 4) is 0 Å². The number of hydrogen-bond donors (Lipinski definition) is 1. The predicted molar refractivity (Wildman–Crippen MR) is 181 cm³/mol. The summed E-state index contributed by atoms with van der Waals surface area (Å²) in [6.07, 6.45) is 41.9. The molecule has 0 aromatic carbocycles. The topological polar surface area (TPSA) is 63.6 Å². The van der Waals surface area contributed by atoms with Crippen LogP contribution >= 0.6 is 0 Å². The third-order valence-corrected chi connectivity index (χ3v) is 8.18. The number of hydrogen-bond acceptors (Lipinski definition) is 3. The number of ether oxygens (including phenoxy) is 1. The summed E-state index contributed by atoms with van der Waals surface area (Å²) in [7, 11) is 0. The minimum atomic E-state index is -0.704. The van der Waals surface area contributed by atoms with E-state index in [0.29, 0.717) is 6.42 Å². The molecule has 0 bridgehead atoms. The first-order chi connectivity index (χ1) is 20.6. The number of carbonyl (C=O) groups excluding carboxylic acids is 1. The van der Waals surface area contributed by atoms with Gasteiger partial charge in [-0.3, -0.25) is 9.59 Å². The van der Waals surface area contributed by atoms with E-state index in [4.69, 9.17) is 9.84 Å². The number of rotatable bonds is 33. The van der Waals surface area contributed by atoms with E-state index in [1.807, 2.05) is 0 Å². The monoisotopic (exact) mass is 591 g/mol. The molecular formula is C38H70O4. The van der Waals surface area contributed by atoms with Crippen molar-refractivity contribution in [2.45, 2.75) is 206 Å². The number of carbonyl (C=O) groups is 2. The van der Waals surface area contributed by atoms with Crippen LogP contribution in [0.3, 0.4) is 0 Å². The van der Waals surface area contributed by atoms with Crippen molar-refractivity contribution in [2.75, 3.05) is 0 Å². The van der Waals surface area contributed by atoms with Gasteiger partial charge in [0.15, 0.2) is 0 Å². The van der Waals surface area contributed by atoms with Crippen LogP contribution < -0.4 is 0 Å². The van der Waals surface area contributed by atoms with Crippen LogP contribution in [0.25, 0.3) is 0 Å². The maximum absolute atomic E-state index is 12.6. The number of carboxylic acids is 1. The van der Waals surface area contributed by atoms with Crippen molar-refractivity contribution < 1.29 is 19.4 Å². The number of allylic oxidation sites excluding steroid dienone is 4. The highest BCUT2D eigenvalue weighted by Crippen LogP contribution is 2.18. The summed E-state index contributed by atoms with van der Waals surface area (Å²) in [6.45, 7) is 4.52. The molecular weight excluding hydrogens is 520 g/mol. The average Bonchev–Trinajstić information content (AvgIpc) is 2.97. The molecule has 4 heteroatoms. The Morgan fingerprint density at radius 1 is 0.524 bits per heavy atom. The van der Waals surface area contributed by atoms with Crippen LogP contribution in [0.5, 0.6) is 0 Å². The number of aliphatic carboxylic acids is 1. The Hall–Kier alpha value is -1.58. The Bertz CT molecular complexity index is 639. The highest BCUT2D eigenvalue weighted by molar-refractivity contribution is 5.69. The van der Waals surface area contributed by atoms with Crippen molar-refractivity contribution in [3.05, 3.63) is 24.3 Å². The van der Waals surface area contributed by atoms with Crippen molar-refractivity contribution in [1.29, 1.82) is 0 Å². The molecule has 0 aromatic heterocycles. The Kier molecular flexibility index (Phi) is 32.6. The van der Waals surface area contributed by atoms with Crippen molar-refractivity contribution in [2.24, 2.45) is 0 Å². The van der Waals surface area contributed by atoms with Gasteiger partial charge in [-0.15, -0.1) is 0 Å². The minimum absolute atomic E-state index is 0.0126. The molecule has 0 aliphatic heterocycles. The van der Waals surface area contributed by atoms with Gasteiger partial charge in [-0.2, -0.15) is 0 Å². The lowest BCUT2D eigenvalue weighted by atomic mass is 10.0. The predicted octanol–water partition coefficient (Wildman–Crippen LogP) is 12.4. The zero-order valence-electron chi connectivity index (χ0n) is 28.1. The first-order valence-corrected chi connectivity index (χ1v) is 18.3. The largest absolute Gasteiger partial charge is 0.481 e. The Morgan fingerprint density at radius 3 is 1.43 bits per heavy atom.